The smallest absolute Gasteiger partial charge is 0.338 e. The molecule has 0 amide bonds. The molecule has 0 unspecified atom stereocenters. The Morgan fingerprint density at radius 1 is 1.14 bits per heavy atom. The Morgan fingerprint density at radius 3 is 2.86 bits per heavy atom. The molecule has 3 rings (SSSR count). The van der Waals surface area contributed by atoms with Crippen molar-refractivity contribution < 1.29 is 24.1 Å². The number of rotatable bonds is 9. The fraction of sp³-hybridized carbons (Fsp3) is 0.227. The van der Waals surface area contributed by atoms with E-state index in [0.29, 0.717) is 49.0 Å². The van der Waals surface area contributed by atoms with Crippen LogP contribution in [0.4, 0.5) is 0 Å². The zero-order chi connectivity index (χ0) is 20.5. The molecule has 2 heterocycles. The van der Waals surface area contributed by atoms with Crippen molar-refractivity contribution in [1.82, 2.24) is 9.97 Å². The third-order valence-electron chi connectivity index (χ3n) is 4.03. The molecule has 29 heavy (non-hydrogen) atoms. The van der Waals surface area contributed by atoms with Crippen LogP contribution in [-0.4, -0.2) is 34.3 Å². The van der Waals surface area contributed by atoms with Crippen molar-refractivity contribution in [2.75, 3.05) is 13.2 Å². The lowest BCUT2D eigenvalue weighted by atomic mass is 10.1. The maximum absolute atomic E-state index is 11.9. The Morgan fingerprint density at radius 2 is 2.03 bits per heavy atom. The average molecular weight is 394 g/mol. The van der Waals surface area contributed by atoms with E-state index in [9.17, 15) is 9.90 Å². The molecule has 1 aromatic carbocycles. The van der Waals surface area contributed by atoms with Crippen molar-refractivity contribution in [3.05, 3.63) is 72.2 Å². The summed E-state index contributed by atoms with van der Waals surface area (Å²) in [4.78, 5) is 20.0. The molecule has 7 heteroatoms. The second-order valence-corrected chi connectivity index (χ2v) is 6.11. The summed E-state index contributed by atoms with van der Waals surface area (Å²) in [5, 5.41) is 9.76. The minimum atomic E-state index is -0.408. The molecule has 0 radical (unpaired) electrons. The van der Waals surface area contributed by atoms with Gasteiger partial charge in [0.1, 0.15) is 11.5 Å². The maximum Gasteiger partial charge on any atom is 0.338 e. The first kappa shape index (κ1) is 20.1. The number of hydrogen-bond donors (Lipinski definition) is 1. The summed E-state index contributed by atoms with van der Waals surface area (Å²) in [7, 11) is 0. The summed E-state index contributed by atoms with van der Waals surface area (Å²) in [5.74, 6) is 1.03. The van der Waals surface area contributed by atoms with Crippen LogP contribution in [0.2, 0.25) is 0 Å². The Labute approximate surface area is 168 Å². The van der Waals surface area contributed by atoms with Gasteiger partial charge in [-0.15, -0.1) is 0 Å². The number of carbonyl (C=O) groups is 1. The van der Waals surface area contributed by atoms with Gasteiger partial charge in [0.25, 0.3) is 5.88 Å². The number of carbonyl (C=O) groups excluding carboxylic acids is 1. The van der Waals surface area contributed by atoms with E-state index in [1.165, 1.54) is 6.20 Å². The summed E-state index contributed by atoms with van der Waals surface area (Å²) in [5.41, 5.74) is 1.22. The van der Waals surface area contributed by atoms with Crippen LogP contribution < -0.4 is 9.47 Å². The maximum atomic E-state index is 11.9. The Hall–Kier alpha value is -3.61. The van der Waals surface area contributed by atoms with Crippen LogP contribution in [0.25, 0.3) is 0 Å². The summed E-state index contributed by atoms with van der Waals surface area (Å²) in [6.07, 6.45) is 6.03. The van der Waals surface area contributed by atoms with Gasteiger partial charge >= 0.3 is 5.97 Å². The first-order valence-electron chi connectivity index (χ1n) is 9.32. The number of aromatic hydroxyl groups is 1. The Bertz CT molecular complexity index is 961. The number of nitrogens with zero attached hydrogens (tertiary/aromatic N) is 2. The molecular weight excluding hydrogens is 372 g/mol. The van der Waals surface area contributed by atoms with Crippen LogP contribution in [0.5, 0.6) is 23.1 Å². The van der Waals surface area contributed by atoms with Gasteiger partial charge in [0.15, 0.2) is 5.75 Å². The molecule has 0 fully saturated rings. The highest BCUT2D eigenvalue weighted by Gasteiger charge is 2.11. The SMILES string of the molecule is CCOC(=O)c1cccc(Oc2ncccc2OCCCc2ccncc2O)c1. The van der Waals surface area contributed by atoms with E-state index in [1.54, 1.807) is 61.8 Å². The van der Waals surface area contributed by atoms with Crippen LogP contribution in [-0.2, 0) is 11.2 Å². The van der Waals surface area contributed by atoms with Gasteiger partial charge in [-0.1, -0.05) is 6.07 Å². The van der Waals surface area contributed by atoms with E-state index in [0.717, 1.165) is 5.56 Å². The highest BCUT2D eigenvalue weighted by Crippen LogP contribution is 2.29. The predicted molar refractivity (Wildman–Crippen MR) is 106 cm³/mol. The molecule has 0 bridgehead atoms. The van der Waals surface area contributed by atoms with E-state index < -0.39 is 5.97 Å². The van der Waals surface area contributed by atoms with Gasteiger partial charge in [0.2, 0.25) is 0 Å². The predicted octanol–water partition coefficient (Wildman–Crippen LogP) is 4.16. The van der Waals surface area contributed by atoms with Crippen molar-refractivity contribution in [3.8, 4) is 23.1 Å². The van der Waals surface area contributed by atoms with Gasteiger partial charge in [-0.3, -0.25) is 4.98 Å². The Balaban J connectivity index is 1.61. The lowest BCUT2D eigenvalue weighted by Gasteiger charge is -2.12. The van der Waals surface area contributed by atoms with Crippen LogP contribution in [0.15, 0.2) is 61.1 Å². The number of aryl methyl sites for hydroxylation is 1. The van der Waals surface area contributed by atoms with Crippen molar-refractivity contribution in [1.29, 1.82) is 0 Å². The Kier molecular flexibility index (Phi) is 7.00. The molecule has 2 aromatic heterocycles. The molecular formula is C22H22N2O5. The highest BCUT2D eigenvalue weighted by molar-refractivity contribution is 5.89. The fourth-order valence-electron chi connectivity index (χ4n) is 2.65. The largest absolute Gasteiger partial charge is 0.506 e. The van der Waals surface area contributed by atoms with Crippen LogP contribution in [0.3, 0.4) is 0 Å². The quantitative estimate of drug-likeness (QED) is 0.430. The lowest BCUT2D eigenvalue weighted by molar-refractivity contribution is 0.0526. The van der Waals surface area contributed by atoms with Crippen LogP contribution in [0.1, 0.15) is 29.3 Å². The van der Waals surface area contributed by atoms with Gasteiger partial charge in [-0.2, -0.15) is 0 Å². The van der Waals surface area contributed by atoms with Crippen molar-refractivity contribution in [2.24, 2.45) is 0 Å². The number of benzene rings is 1. The third-order valence-corrected chi connectivity index (χ3v) is 4.03. The number of hydrogen-bond acceptors (Lipinski definition) is 7. The topological polar surface area (TPSA) is 90.8 Å². The normalized spacial score (nSPS) is 10.4. The summed E-state index contributed by atoms with van der Waals surface area (Å²) in [6, 6.07) is 12.0. The molecule has 0 saturated carbocycles. The first-order valence-corrected chi connectivity index (χ1v) is 9.32. The number of ether oxygens (including phenoxy) is 3. The van der Waals surface area contributed by atoms with E-state index in [-0.39, 0.29) is 5.75 Å². The van der Waals surface area contributed by atoms with Crippen LogP contribution >= 0.6 is 0 Å². The van der Waals surface area contributed by atoms with E-state index in [2.05, 4.69) is 9.97 Å². The molecule has 1 N–H and O–H groups in total. The first-order chi connectivity index (χ1) is 14.2. The molecule has 150 valence electrons. The van der Waals surface area contributed by atoms with Gasteiger partial charge in [-0.05, 0) is 61.7 Å². The molecule has 0 aliphatic carbocycles. The molecule has 0 aliphatic heterocycles. The number of pyridine rings is 2. The zero-order valence-corrected chi connectivity index (χ0v) is 16.1. The van der Waals surface area contributed by atoms with Crippen molar-refractivity contribution in [3.63, 3.8) is 0 Å². The monoisotopic (exact) mass is 394 g/mol. The van der Waals surface area contributed by atoms with Gasteiger partial charge in [0, 0.05) is 12.4 Å². The minimum Gasteiger partial charge on any atom is -0.506 e. The molecule has 0 atom stereocenters. The zero-order valence-electron chi connectivity index (χ0n) is 16.1. The minimum absolute atomic E-state index is 0.180. The molecule has 3 aromatic rings. The van der Waals surface area contributed by atoms with Crippen LogP contribution in [0, 0.1) is 0 Å². The molecule has 7 nitrogen and oxygen atoms in total. The van der Waals surface area contributed by atoms with Crippen molar-refractivity contribution >= 4 is 5.97 Å². The summed E-state index contributed by atoms with van der Waals surface area (Å²) < 4.78 is 16.6. The van der Waals surface area contributed by atoms with E-state index >= 15 is 0 Å². The second kappa shape index (κ2) is 10.1. The summed E-state index contributed by atoms with van der Waals surface area (Å²) >= 11 is 0. The van der Waals surface area contributed by atoms with Crippen molar-refractivity contribution in [2.45, 2.75) is 19.8 Å². The lowest BCUT2D eigenvalue weighted by Crippen LogP contribution is -2.05. The molecule has 0 spiro atoms. The van der Waals surface area contributed by atoms with Gasteiger partial charge in [0.05, 0.1) is 25.0 Å². The van der Waals surface area contributed by atoms with Gasteiger partial charge < -0.3 is 19.3 Å². The second-order valence-electron chi connectivity index (χ2n) is 6.11. The highest BCUT2D eigenvalue weighted by atomic mass is 16.5. The van der Waals surface area contributed by atoms with Gasteiger partial charge in [-0.25, -0.2) is 9.78 Å². The fourth-order valence-corrected chi connectivity index (χ4v) is 2.65. The average Bonchev–Trinajstić information content (AvgIpc) is 2.74. The standard InChI is InChI=1S/C22H22N2O5/c1-2-27-22(26)17-6-3-8-18(14-17)29-21-20(9-4-11-24-21)28-13-5-7-16-10-12-23-15-19(16)25/h3-4,6,8-12,14-15,25H,2,5,7,13H2,1H3. The molecule has 0 saturated heterocycles. The van der Waals surface area contributed by atoms with E-state index in [4.69, 9.17) is 14.2 Å². The number of aromatic nitrogens is 2. The number of esters is 1. The summed E-state index contributed by atoms with van der Waals surface area (Å²) in [6.45, 7) is 2.48. The van der Waals surface area contributed by atoms with E-state index in [1.807, 2.05) is 0 Å². The molecule has 0 aliphatic rings. The third kappa shape index (κ3) is 5.68.